The maximum Gasteiger partial charge on any atom is 0.220 e. The molecule has 60 heavy (non-hydrogen) atoms. The third-order valence-corrected chi connectivity index (χ3v) is 11.3. The van der Waals surface area contributed by atoms with Crippen molar-refractivity contribution >= 4 is 5.91 Å². The van der Waals surface area contributed by atoms with E-state index >= 15 is 0 Å². The van der Waals surface area contributed by atoms with Crippen molar-refractivity contribution in [1.29, 1.82) is 0 Å². The standard InChI is InChI=1S/C41H75NO18/c1-3-5-7-8-9-10-11-12-13-14-15-17-19-29(47)42-24(25(46)18-16-6-4-2)23-55-39-35(53)32(50)37(27(21-44)57-39)60-41-36(54)33(51)38(28(22-45)58-41)59-40-34(52)31(49)30(48)26(20-43)56-40/h9-10,24-28,30-41,43-46,48-54H,3-8,11-23H2,1-2H3,(H,42,47)/b10-9-. The molecule has 17 atom stereocenters. The number of rotatable bonds is 28. The van der Waals surface area contributed by atoms with Crippen molar-refractivity contribution in [2.24, 2.45) is 0 Å². The number of nitrogens with one attached hydrogen (secondary N) is 1. The van der Waals surface area contributed by atoms with Crippen LogP contribution >= 0.6 is 0 Å². The molecule has 0 aromatic rings. The normalized spacial score (nSPS) is 36.0. The van der Waals surface area contributed by atoms with Gasteiger partial charge in [-0.05, 0) is 38.5 Å². The van der Waals surface area contributed by atoms with Gasteiger partial charge in [0.1, 0.15) is 73.2 Å². The van der Waals surface area contributed by atoms with Gasteiger partial charge in [-0.2, -0.15) is 0 Å². The highest BCUT2D eigenvalue weighted by molar-refractivity contribution is 5.76. The summed E-state index contributed by atoms with van der Waals surface area (Å²) in [5.41, 5.74) is 0. The average molecular weight is 870 g/mol. The summed E-state index contributed by atoms with van der Waals surface area (Å²) in [7, 11) is 0. The predicted molar refractivity (Wildman–Crippen MR) is 213 cm³/mol. The Morgan fingerprint density at radius 3 is 1.62 bits per heavy atom. The first-order valence-corrected chi connectivity index (χ1v) is 21.9. The Labute approximate surface area is 353 Å². The van der Waals surface area contributed by atoms with Gasteiger partial charge in [-0.15, -0.1) is 0 Å². The number of carbonyl (C=O) groups excluding carboxylic acids is 1. The van der Waals surface area contributed by atoms with E-state index in [9.17, 15) is 61.0 Å². The van der Waals surface area contributed by atoms with E-state index in [4.69, 9.17) is 28.4 Å². The Balaban J connectivity index is 1.55. The number of amides is 1. The number of allylic oxidation sites excluding steroid dienone is 2. The zero-order chi connectivity index (χ0) is 44.2. The van der Waals surface area contributed by atoms with Gasteiger partial charge in [-0.25, -0.2) is 0 Å². The first kappa shape index (κ1) is 52.9. The van der Waals surface area contributed by atoms with Crippen molar-refractivity contribution in [2.75, 3.05) is 26.4 Å². The lowest BCUT2D eigenvalue weighted by atomic mass is 9.96. The second kappa shape index (κ2) is 28.3. The molecule has 12 N–H and O–H groups in total. The van der Waals surface area contributed by atoms with Crippen LogP contribution in [-0.4, -0.2) is 193 Å². The highest BCUT2D eigenvalue weighted by atomic mass is 16.8. The third kappa shape index (κ3) is 16.0. The third-order valence-electron chi connectivity index (χ3n) is 11.3. The number of hydrogen-bond acceptors (Lipinski definition) is 18. The Bertz CT molecular complexity index is 1180. The minimum atomic E-state index is -1.97. The predicted octanol–water partition coefficient (Wildman–Crippen LogP) is -1.26. The van der Waals surface area contributed by atoms with E-state index in [1.807, 2.05) is 6.92 Å². The summed E-state index contributed by atoms with van der Waals surface area (Å²) in [5.74, 6) is -0.268. The summed E-state index contributed by atoms with van der Waals surface area (Å²) >= 11 is 0. The molecule has 3 heterocycles. The Morgan fingerprint density at radius 1 is 0.583 bits per heavy atom. The minimum absolute atomic E-state index is 0.254. The molecule has 352 valence electrons. The van der Waals surface area contributed by atoms with Crippen LogP contribution in [0.1, 0.15) is 110 Å². The molecule has 19 nitrogen and oxygen atoms in total. The van der Waals surface area contributed by atoms with Crippen molar-refractivity contribution in [3.63, 3.8) is 0 Å². The van der Waals surface area contributed by atoms with Crippen molar-refractivity contribution < 1.29 is 89.4 Å². The molecule has 17 unspecified atom stereocenters. The smallest absolute Gasteiger partial charge is 0.220 e. The van der Waals surface area contributed by atoms with E-state index in [1.54, 1.807) is 0 Å². The zero-order valence-electron chi connectivity index (χ0n) is 35.2. The molecule has 3 aliphatic heterocycles. The van der Waals surface area contributed by atoms with Crippen LogP contribution in [0.3, 0.4) is 0 Å². The van der Waals surface area contributed by atoms with Crippen molar-refractivity contribution in [3.05, 3.63) is 12.2 Å². The molecular formula is C41H75NO18. The minimum Gasteiger partial charge on any atom is -0.394 e. The number of unbranched alkanes of at least 4 members (excludes halogenated alkanes) is 10. The van der Waals surface area contributed by atoms with E-state index in [-0.39, 0.29) is 18.9 Å². The van der Waals surface area contributed by atoms with Gasteiger partial charge in [0.25, 0.3) is 0 Å². The number of aliphatic hydroxyl groups is 11. The molecular weight excluding hydrogens is 794 g/mol. The van der Waals surface area contributed by atoms with Crippen molar-refractivity contribution in [1.82, 2.24) is 5.32 Å². The molecule has 0 aromatic carbocycles. The van der Waals surface area contributed by atoms with E-state index < -0.39 is 124 Å². The largest absolute Gasteiger partial charge is 0.394 e. The van der Waals surface area contributed by atoms with Crippen LogP contribution in [0.5, 0.6) is 0 Å². The molecule has 0 saturated carbocycles. The number of aliphatic hydroxyl groups excluding tert-OH is 11. The summed E-state index contributed by atoms with van der Waals surface area (Å²) in [4.78, 5) is 13.0. The van der Waals surface area contributed by atoms with E-state index in [1.165, 1.54) is 19.3 Å². The maximum absolute atomic E-state index is 13.0. The Morgan fingerprint density at radius 2 is 1.05 bits per heavy atom. The summed E-state index contributed by atoms with van der Waals surface area (Å²) in [6, 6.07) is -0.881. The molecule has 3 saturated heterocycles. The van der Waals surface area contributed by atoms with E-state index in [2.05, 4.69) is 24.4 Å². The average Bonchev–Trinajstić information content (AvgIpc) is 3.24. The van der Waals surface area contributed by atoms with Gasteiger partial charge in [0.2, 0.25) is 5.91 Å². The fourth-order valence-corrected chi connectivity index (χ4v) is 7.54. The van der Waals surface area contributed by atoms with Crippen molar-refractivity contribution in [2.45, 2.75) is 214 Å². The van der Waals surface area contributed by atoms with E-state index in [0.29, 0.717) is 19.3 Å². The summed E-state index contributed by atoms with van der Waals surface area (Å²) in [5, 5.41) is 118. The van der Waals surface area contributed by atoms with Gasteiger partial charge in [-0.1, -0.05) is 77.4 Å². The second-order valence-corrected chi connectivity index (χ2v) is 16.2. The first-order chi connectivity index (χ1) is 28.8. The molecule has 0 bridgehead atoms. The Hall–Kier alpha value is -1.47. The van der Waals surface area contributed by atoms with Gasteiger partial charge in [0.05, 0.1) is 38.6 Å². The van der Waals surface area contributed by atoms with Gasteiger partial charge in [0.15, 0.2) is 18.9 Å². The molecule has 0 aliphatic carbocycles. The van der Waals surface area contributed by atoms with Gasteiger partial charge >= 0.3 is 0 Å². The topological polar surface area (TPSA) is 307 Å². The van der Waals surface area contributed by atoms with Crippen LogP contribution in [0.4, 0.5) is 0 Å². The quantitative estimate of drug-likeness (QED) is 0.0323. The number of carbonyl (C=O) groups is 1. The summed E-state index contributed by atoms with van der Waals surface area (Å²) in [6.07, 6.45) is -8.23. The lowest BCUT2D eigenvalue weighted by Crippen LogP contribution is -2.66. The maximum atomic E-state index is 13.0. The van der Waals surface area contributed by atoms with Crippen LogP contribution in [0.25, 0.3) is 0 Å². The van der Waals surface area contributed by atoms with Crippen LogP contribution in [-0.2, 0) is 33.2 Å². The molecule has 3 rings (SSSR count). The van der Waals surface area contributed by atoms with Crippen LogP contribution < -0.4 is 5.32 Å². The summed E-state index contributed by atoms with van der Waals surface area (Å²) < 4.78 is 33.8. The molecule has 3 aliphatic rings. The zero-order valence-corrected chi connectivity index (χ0v) is 35.2. The SMILES string of the molecule is CCCCC/C=C\CCCCCCCC(=O)NC(COC1OC(CO)C(OC2OC(CO)C(OC3OC(CO)C(O)C(O)C3O)C(O)C2O)C(O)C1O)C(O)CCCCC. The fourth-order valence-electron chi connectivity index (χ4n) is 7.54. The van der Waals surface area contributed by atoms with Crippen LogP contribution in [0.15, 0.2) is 12.2 Å². The number of ether oxygens (including phenoxy) is 6. The Kier molecular flexibility index (Phi) is 25.0. The number of hydrogen-bond donors (Lipinski definition) is 12. The molecule has 0 spiro atoms. The molecule has 3 fully saturated rings. The highest BCUT2D eigenvalue weighted by Gasteiger charge is 2.53. The van der Waals surface area contributed by atoms with Crippen molar-refractivity contribution in [3.8, 4) is 0 Å². The lowest BCUT2D eigenvalue weighted by molar-refractivity contribution is -0.379. The molecule has 1 amide bonds. The van der Waals surface area contributed by atoms with Crippen LogP contribution in [0, 0.1) is 0 Å². The highest BCUT2D eigenvalue weighted by Crippen LogP contribution is 2.33. The fraction of sp³-hybridized carbons (Fsp3) is 0.927. The monoisotopic (exact) mass is 869 g/mol. The molecule has 0 radical (unpaired) electrons. The first-order valence-electron chi connectivity index (χ1n) is 21.9. The van der Waals surface area contributed by atoms with Gasteiger partial charge < -0.3 is 89.9 Å². The lowest BCUT2D eigenvalue weighted by Gasteiger charge is -2.48. The van der Waals surface area contributed by atoms with Crippen LogP contribution in [0.2, 0.25) is 0 Å². The molecule has 19 heteroatoms. The van der Waals surface area contributed by atoms with E-state index in [0.717, 1.165) is 51.4 Å². The van der Waals surface area contributed by atoms with Gasteiger partial charge in [-0.3, -0.25) is 4.79 Å². The van der Waals surface area contributed by atoms with Gasteiger partial charge in [0, 0.05) is 6.42 Å². The molecule has 0 aromatic heterocycles. The second-order valence-electron chi connectivity index (χ2n) is 16.2. The summed E-state index contributed by atoms with van der Waals surface area (Å²) in [6.45, 7) is 1.50.